The summed E-state index contributed by atoms with van der Waals surface area (Å²) in [6, 6.07) is 7.79. The molecular weight excluding hydrogens is 248 g/mol. The number of carbonyl (C=O) groups excluding carboxylic acids is 1. The Morgan fingerprint density at radius 1 is 1.25 bits per heavy atom. The van der Waals surface area contributed by atoms with Crippen LogP contribution in [-0.4, -0.2) is 18.5 Å². The zero-order chi connectivity index (χ0) is 15.3. The van der Waals surface area contributed by atoms with Crippen LogP contribution < -0.4 is 11.1 Å². The fraction of sp³-hybridized carbons (Fsp3) is 0.588. The van der Waals surface area contributed by atoms with Crippen molar-refractivity contribution in [2.75, 3.05) is 6.54 Å². The monoisotopic (exact) mass is 276 g/mol. The van der Waals surface area contributed by atoms with Gasteiger partial charge in [0.15, 0.2) is 0 Å². The van der Waals surface area contributed by atoms with Gasteiger partial charge in [0, 0.05) is 18.2 Å². The van der Waals surface area contributed by atoms with Crippen molar-refractivity contribution in [1.82, 2.24) is 5.32 Å². The first-order valence-electron chi connectivity index (χ1n) is 7.35. The van der Waals surface area contributed by atoms with E-state index in [1.807, 2.05) is 24.3 Å². The molecule has 1 amide bonds. The Labute approximate surface area is 122 Å². The van der Waals surface area contributed by atoms with Gasteiger partial charge in [0.25, 0.3) is 5.91 Å². The van der Waals surface area contributed by atoms with E-state index in [-0.39, 0.29) is 17.4 Å². The quantitative estimate of drug-likeness (QED) is 0.868. The van der Waals surface area contributed by atoms with E-state index in [1.165, 1.54) is 0 Å². The molecule has 3 N–H and O–H groups in total. The van der Waals surface area contributed by atoms with Crippen molar-refractivity contribution in [1.29, 1.82) is 0 Å². The molecule has 0 saturated carbocycles. The second-order valence-electron chi connectivity index (χ2n) is 6.90. The predicted octanol–water partition coefficient (Wildman–Crippen LogP) is 3.09. The van der Waals surface area contributed by atoms with Crippen LogP contribution in [0.15, 0.2) is 24.3 Å². The molecule has 0 bridgehead atoms. The molecule has 1 aromatic rings. The van der Waals surface area contributed by atoms with Crippen molar-refractivity contribution in [3.8, 4) is 0 Å². The Hall–Kier alpha value is -1.35. The number of nitrogens with one attached hydrogen (secondary N) is 1. The van der Waals surface area contributed by atoms with E-state index in [0.717, 1.165) is 17.5 Å². The largest absolute Gasteiger partial charge is 0.350 e. The van der Waals surface area contributed by atoms with Crippen molar-refractivity contribution in [3.63, 3.8) is 0 Å². The van der Waals surface area contributed by atoms with E-state index >= 15 is 0 Å². The molecule has 0 aliphatic heterocycles. The summed E-state index contributed by atoms with van der Waals surface area (Å²) in [6.07, 6.45) is 0.918. The molecule has 0 aromatic heterocycles. The minimum atomic E-state index is -0.0476. The lowest BCUT2D eigenvalue weighted by molar-refractivity contribution is 0.0948. The summed E-state index contributed by atoms with van der Waals surface area (Å²) in [5, 5.41) is 2.95. The van der Waals surface area contributed by atoms with Crippen LogP contribution in [0.5, 0.6) is 0 Å². The van der Waals surface area contributed by atoms with Crippen molar-refractivity contribution in [2.24, 2.45) is 11.7 Å². The summed E-state index contributed by atoms with van der Waals surface area (Å²) in [5.41, 5.74) is 7.77. The van der Waals surface area contributed by atoms with Gasteiger partial charge in [-0.05, 0) is 29.4 Å². The van der Waals surface area contributed by atoms with Crippen LogP contribution in [0, 0.1) is 5.92 Å². The van der Waals surface area contributed by atoms with E-state index in [2.05, 4.69) is 39.9 Å². The van der Waals surface area contributed by atoms with Crippen molar-refractivity contribution in [2.45, 2.75) is 52.5 Å². The molecule has 0 radical (unpaired) electrons. The highest BCUT2D eigenvalue weighted by Crippen LogP contribution is 2.25. The molecular formula is C17H28N2O. The van der Waals surface area contributed by atoms with Gasteiger partial charge in [-0.3, -0.25) is 4.79 Å². The Bertz CT molecular complexity index is 447. The molecule has 0 heterocycles. The summed E-state index contributed by atoms with van der Waals surface area (Å²) in [5.74, 6) is 0.512. The molecule has 0 aliphatic carbocycles. The molecule has 0 saturated heterocycles. The Morgan fingerprint density at radius 2 is 1.85 bits per heavy atom. The van der Waals surface area contributed by atoms with Gasteiger partial charge in [0.1, 0.15) is 0 Å². The minimum Gasteiger partial charge on any atom is -0.350 e. The zero-order valence-corrected chi connectivity index (χ0v) is 13.4. The van der Waals surface area contributed by atoms with E-state index in [9.17, 15) is 4.79 Å². The topological polar surface area (TPSA) is 55.1 Å². The number of carbonyl (C=O) groups is 1. The first-order valence-corrected chi connectivity index (χ1v) is 7.35. The summed E-state index contributed by atoms with van der Waals surface area (Å²) in [6.45, 7) is 11.1. The second kappa shape index (κ2) is 6.89. The molecule has 1 rings (SSSR count). The van der Waals surface area contributed by atoms with Gasteiger partial charge in [-0.15, -0.1) is 0 Å². The first kappa shape index (κ1) is 16.7. The zero-order valence-electron chi connectivity index (χ0n) is 13.4. The van der Waals surface area contributed by atoms with Gasteiger partial charge in [-0.2, -0.15) is 0 Å². The molecule has 1 unspecified atom stereocenters. The fourth-order valence-electron chi connectivity index (χ4n) is 2.34. The Morgan fingerprint density at radius 3 is 2.40 bits per heavy atom. The Balaban J connectivity index is 2.74. The lowest BCUT2D eigenvalue weighted by Gasteiger charge is -2.23. The maximum atomic E-state index is 12.3. The summed E-state index contributed by atoms with van der Waals surface area (Å²) >= 11 is 0. The van der Waals surface area contributed by atoms with E-state index in [4.69, 9.17) is 5.73 Å². The molecule has 0 spiro atoms. The van der Waals surface area contributed by atoms with E-state index in [1.54, 1.807) is 0 Å². The maximum Gasteiger partial charge on any atom is 0.251 e. The predicted molar refractivity (Wildman–Crippen MR) is 84.9 cm³/mol. The van der Waals surface area contributed by atoms with Crippen LogP contribution in [0.3, 0.4) is 0 Å². The molecule has 20 heavy (non-hydrogen) atoms. The SMILES string of the molecule is CC(C)CC(N)CNC(=O)c1ccccc1C(C)(C)C. The lowest BCUT2D eigenvalue weighted by atomic mass is 9.83. The van der Waals surface area contributed by atoms with Gasteiger partial charge < -0.3 is 11.1 Å². The van der Waals surface area contributed by atoms with E-state index < -0.39 is 0 Å². The van der Waals surface area contributed by atoms with Crippen LogP contribution in [0.4, 0.5) is 0 Å². The normalized spacial score (nSPS) is 13.3. The molecule has 1 aromatic carbocycles. The molecule has 0 aliphatic rings. The molecule has 1 atom stereocenters. The van der Waals surface area contributed by atoms with Gasteiger partial charge in [0.2, 0.25) is 0 Å². The van der Waals surface area contributed by atoms with Crippen molar-refractivity contribution < 1.29 is 4.79 Å². The maximum absolute atomic E-state index is 12.3. The van der Waals surface area contributed by atoms with Gasteiger partial charge >= 0.3 is 0 Å². The van der Waals surface area contributed by atoms with Crippen molar-refractivity contribution in [3.05, 3.63) is 35.4 Å². The first-order chi connectivity index (χ1) is 9.21. The smallest absolute Gasteiger partial charge is 0.251 e. The number of hydrogen-bond acceptors (Lipinski definition) is 2. The van der Waals surface area contributed by atoms with Gasteiger partial charge in [0.05, 0.1) is 0 Å². The third-order valence-corrected chi connectivity index (χ3v) is 3.28. The molecule has 112 valence electrons. The van der Waals surface area contributed by atoms with Crippen LogP contribution in [0.2, 0.25) is 0 Å². The third kappa shape index (κ3) is 4.97. The van der Waals surface area contributed by atoms with Crippen LogP contribution in [-0.2, 0) is 5.41 Å². The van der Waals surface area contributed by atoms with E-state index in [0.29, 0.717) is 12.5 Å². The number of hydrogen-bond donors (Lipinski definition) is 2. The summed E-state index contributed by atoms with van der Waals surface area (Å²) in [7, 11) is 0. The number of benzene rings is 1. The highest BCUT2D eigenvalue weighted by molar-refractivity contribution is 5.96. The molecule has 3 nitrogen and oxygen atoms in total. The number of amides is 1. The average molecular weight is 276 g/mol. The van der Waals surface area contributed by atoms with Crippen LogP contribution >= 0.6 is 0 Å². The van der Waals surface area contributed by atoms with Crippen molar-refractivity contribution >= 4 is 5.91 Å². The van der Waals surface area contributed by atoms with Gasteiger partial charge in [-0.25, -0.2) is 0 Å². The Kier molecular flexibility index (Phi) is 5.75. The van der Waals surface area contributed by atoms with Crippen LogP contribution in [0.25, 0.3) is 0 Å². The fourth-order valence-corrected chi connectivity index (χ4v) is 2.34. The standard InChI is InChI=1S/C17H28N2O/c1-12(2)10-13(18)11-19-16(20)14-8-6-7-9-15(14)17(3,4)5/h6-9,12-13H,10-11,18H2,1-5H3,(H,19,20). The van der Waals surface area contributed by atoms with Gasteiger partial charge in [-0.1, -0.05) is 52.8 Å². The lowest BCUT2D eigenvalue weighted by Crippen LogP contribution is -2.38. The highest BCUT2D eigenvalue weighted by Gasteiger charge is 2.21. The summed E-state index contributed by atoms with van der Waals surface area (Å²) in [4.78, 5) is 12.3. The molecule has 3 heteroatoms. The average Bonchev–Trinajstić information content (AvgIpc) is 2.34. The highest BCUT2D eigenvalue weighted by atomic mass is 16.1. The van der Waals surface area contributed by atoms with Crippen LogP contribution in [0.1, 0.15) is 57.0 Å². The number of nitrogens with two attached hydrogens (primary N) is 1. The summed E-state index contributed by atoms with van der Waals surface area (Å²) < 4.78 is 0. The number of rotatable bonds is 5. The minimum absolute atomic E-state index is 0.0146. The third-order valence-electron chi connectivity index (χ3n) is 3.28. The second-order valence-corrected chi connectivity index (χ2v) is 6.90. The molecule has 0 fully saturated rings.